The van der Waals surface area contributed by atoms with Gasteiger partial charge in [0.1, 0.15) is 5.69 Å². The van der Waals surface area contributed by atoms with Crippen LogP contribution >= 0.6 is 27.5 Å². The monoisotopic (exact) mass is 340 g/mol. The summed E-state index contributed by atoms with van der Waals surface area (Å²) in [7, 11) is 0. The Bertz CT molecular complexity index is 647. The van der Waals surface area contributed by atoms with Crippen LogP contribution in [0, 0.1) is 17.0 Å². The van der Waals surface area contributed by atoms with Crippen molar-refractivity contribution in [1.29, 1.82) is 0 Å². The van der Waals surface area contributed by atoms with Gasteiger partial charge in [-0.15, -0.1) is 0 Å². The zero-order valence-electron chi connectivity index (χ0n) is 9.98. The van der Waals surface area contributed by atoms with Gasteiger partial charge in [-0.3, -0.25) is 10.1 Å². The number of nitrogens with one attached hydrogen (secondary N) is 1. The van der Waals surface area contributed by atoms with E-state index in [0.29, 0.717) is 15.2 Å². The predicted octanol–water partition coefficient (Wildman–Crippen LogP) is 5.06. The summed E-state index contributed by atoms with van der Waals surface area (Å²) in [6.07, 6.45) is 0. The van der Waals surface area contributed by atoms with Crippen molar-refractivity contribution < 1.29 is 4.92 Å². The van der Waals surface area contributed by atoms with Crippen LogP contribution in [0.5, 0.6) is 0 Å². The molecule has 0 bridgehead atoms. The molecule has 98 valence electrons. The van der Waals surface area contributed by atoms with Crippen LogP contribution in [0.2, 0.25) is 5.02 Å². The van der Waals surface area contributed by atoms with Crippen molar-refractivity contribution in [3.8, 4) is 0 Å². The molecule has 2 rings (SSSR count). The number of hydrogen-bond donors (Lipinski definition) is 1. The molecule has 19 heavy (non-hydrogen) atoms. The van der Waals surface area contributed by atoms with E-state index in [9.17, 15) is 10.1 Å². The summed E-state index contributed by atoms with van der Waals surface area (Å²) in [6, 6.07) is 10.3. The maximum absolute atomic E-state index is 11.0. The Morgan fingerprint density at radius 3 is 2.68 bits per heavy atom. The van der Waals surface area contributed by atoms with E-state index in [1.807, 2.05) is 13.0 Å². The molecule has 0 heterocycles. The van der Waals surface area contributed by atoms with Crippen LogP contribution in [0.4, 0.5) is 17.1 Å². The maximum atomic E-state index is 11.0. The van der Waals surface area contributed by atoms with Crippen molar-refractivity contribution in [2.24, 2.45) is 0 Å². The van der Waals surface area contributed by atoms with Gasteiger partial charge in [-0.1, -0.05) is 33.6 Å². The van der Waals surface area contributed by atoms with E-state index in [0.717, 1.165) is 11.3 Å². The molecule has 0 aliphatic heterocycles. The summed E-state index contributed by atoms with van der Waals surface area (Å²) >= 11 is 9.25. The summed E-state index contributed by atoms with van der Waals surface area (Å²) in [5.41, 5.74) is 2.03. The zero-order chi connectivity index (χ0) is 14.0. The van der Waals surface area contributed by atoms with Gasteiger partial charge < -0.3 is 5.32 Å². The van der Waals surface area contributed by atoms with Crippen molar-refractivity contribution in [2.75, 3.05) is 5.32 Å². The lowest BCUT2D eigenvalue weighted by Crippen LogP contribution is -1.98. The molecule has 0 radical (unpaired) electrons. The minimum atomic E-state index is -0.424. The van der Waals surface area contributed by atoms with E-state index in [1.165, 1.54) is 6.07 Å². The molecule has 0 saturated heterocycles. The molecule has 0 spiro atoms. The molecular formula is C13H10BrClN2O2. The second-order valence-electron chi connectivity index (χ2n) is 3.96. The van der Waals surface area contributed by atoms with E-state index >= 15 is 0 Å². The standard InChI is InChI=1S/C13H10BrClN2O2/c1-8-10(15)3-2-4-11(8)16-12-6-5-9(14)7-13(12)17(18)19/h2-7,16H,1H3. The molecule has 0 amide bonds. The Morgan fingerprint density at radius 2 is 2.00 bits per heavy atom. The molecule has 6 heteroatoms. The average Bonchev–Trinajstić information content (AvgIpc) is 2.36. The quantitative estimate of drug-likeness (QED) is 0.627. The highest BCUT2D eigenvalue weighted by atomic mass is 79.9. The molecule has 0 aromatic heterocycles. The first-order valence-corrected chi connectivity index (χ1v) is 6.62. The van der Waals surface area contributed by atoms with Crippen molar-refractivity contribution in [3.63, 3.8) is 0 Å². The molecule has 2 aromatic carbocycles. The van der Waals surface area contributed by atoms with Crippen LogP contribution < -0.4 is 5.32 Å². The Kier molecular flexibility index (Phi) is 4.07. The van der Waals surface area contributed by atoms with Crippen molar-refractivity contribution in [2.45, 2.75) is 6.92 Å². The van der Waals surface area contributed by atoms with Gasteiger partial charge in [0, 0.05) is 21.2 Å². The third-order valence-corrected chi connectivity index (χ3v) is 3.60. The van der Waals surface area contributed by atoms with E-state index in [-0.39, 0.29) is 5.69 Å². The summed E-state index contributed by atoms with van der Waals surface area (Å²) in [5, 5.41) is 14.7. The average molecular weight is 342 g/mol. The lowest BCUT2D eigenvalue weighted by atomic mass is 10.2. The van der Waals surface area contributed by atoms with Gasteiger partial charge in [-0.2, -0.15) is 0 Å². The van der Waals surface area contributed by atoms with Crippen LogP contribution in [-0.4, -0.2) is 4.92 Å². The van der Waals surface area contributed by atoms with Gasteiger partial charge in [0.05, 0.1) is 4.92 Å². The molecule has 0 atom stereocenters. The van der Waals surface area contributed by atoms with Crippen LogP contribution in [0.25, 0.3) is 0 Å². The molecule has 2 aromatic rings. The minimum absolute atomic E-state index is 0.00810. The molecule has 4 nitrogen and oxygen atoms in total. The van der Waals surface area contributed by atoms with E-state index < -0.39 is 4.92 Å². The highest BCUT2D eigenvalue weighted by Gasteiger charge is 2.15. The molecule has 1 N–H and O–H groups in total. The van der Waals surface area contributed by atoms with Crippen LogP contribution in [-0.2, 0) is 0 Å². The van der Waals surface area contributed by atoms with Gasteiger partial charge in [0.25, 0.3) is 5.69 Å². The first-order valence-electron chi connectivity index (χ1n) is 5.45. The van der Waals surface area contributed by atoms with Crippen molar-refractivity contribution in [1.82, 2.24) is 0 Å². The van der Waals surface area contributed by atoms with E-state index in [1.54, 1.807) is 24.3 Å². The highest BCUT2D eigenvalue weighted by molar-refractivity contribution is 9.10. The fourth-order valence-corrected chi connectivity index (χ4v) is 2.17. The van der Waals surface area contributed by atoms with Crippen LogP contribution in [0.1, 0.15) is 5.56 Å². The van der Waals surface area contributed by atoms with Crippen LogP contribution in [0.3, 0.4) is 0 Å². The van der Waals surface area contributed by atoms with Gasteiger partial charge in [0.2, 0.25) is 0 Å². The topological polar surface area (TPSA) is 55.2 Å². The van der Waals surface area contributed by atoms with Crippen molar-refractivity contribution >= 4 is 44.6 Å². The predicted molar refractivity (Wildman–Crippen MR) is 80.3 cm³/mol. The number of hydrogen-bond acceptors (Lipinski definition) is 3. The van der Waals surface area contributed by atoms with Gasteiger partial charge in [0.15, 0.2) is 0 Å². The number of rotatable bonds is 3. The van der Waals surface area contributed by atoms with E-state index in [4.69, 9.17) is 11.6 Å². The Labute approximate surface area is 123 Å². The number of nitro benzene ring substituents is 1. The first kappa shape index (κ1) is 13.8. The van der Waals surface area contributed by atoms with Crippen LogP contribution in [0.15, 0.2) is 40.9 Å². The normalized spacial score (nSPS) is 10.3. The Balaban J connectivity index is 2.44. The molecule has 0 unspecified atom stereocenters. The fraction of sp³-hybridized carbons (Fsp3) is 0.0769. The summed E-state index contributed by atoms with van der Waals surface area (Å²) in [6.45, 7) is 1.86. The summed E-state index contributed by atoms with van der Waals surface area (Å²) in [4.78, 5) is 10.6. The number of anilines is 2. The molecular weight excluding hydrogens is 332 g/mol. The first-order chi connectivity index (χ1) is 8.99. The lowest BCUT2D eigenvalue weighted by Gasteiger charge is -2.11. The minimum Gasteiger partial charge on any atom is -0.350 e. The second kappa shape index (κ2) is 5.59. The highest BCUT2D eigenvalue weighted by Crippen LogP contribution is 2.32. The van der Waals surface area contributed by atoms with Gasteiger partial charge in [-0.05, 0) is 36.8 Å². The zero-order valence-corrected chi connectivity index (χ0v) is 12.3. The third kappa shape index (κ3) is 3.05. The molecule has 0 saturated carbocycles. The third-order valence-electron chi connectivity index (χ3n) is 2.69. The Hall–Kier alpha value is -1.59. The lowest BCUT2D eigenvalue weighted by molar-refractivity contribution is -0.384. The number of benzene rings is 2. The van der Waals surface area contributed by atoms with Crippen molar-refractivity contribution in [3.05, 3.63) is 61.6 Å². The SMILES string of the molecule is Cc1c(Cl)cccc1Nc1ccc(Br)cc1[N+](=O)[O-]. The molecule has 0 fully saturated rings. The summed E-state index contributed by atoms with van der Waals surface area (Å²) < 4.78 is 0.660. The number of nitrogens with zero attached hydrogens (tertiary/aromatic N) is 1. The van der Waals surface area contributed by atoms with Gasteiger partial charge in [-0.25, -0.2) is 0 Å². The largest absolute Gasteiger partial charge is 0.350 e. The summed E-state index contributed by atoms with van der Waals surface area (Å²) in [5.74, 6) is 0. The van der Waals surface area contributed by atoms with E-state index in [2.05, 4.69) is 21.2 Å². The second-order valence-corrected chi connectivity index (χ2v) is 5.28. The number of nitro groups is 1. The maximum Gasteiger partial charge on any atom is 0.293 e. The number of halogens is 2. The molecule has 0 aliphatic carbocycles. The smallest absolute Gasteiger partial charge is 0.293 e. The molecule has 0 aliphatic rings. The van der Waals surface area contributed by atoms with Gasteiger partial charge >= 0.3 is 0 Å². The fourth-order valence-electron chi connectivity index (χ4n) is 1.65. The Morgan fingerprint density at radius 1 is 1.26 bits per heavy atom.